The van der Waals surface area contributed by atoms with Crippen molar-refractivity contribution in [3.05, 3.63) is 83.9 Å². The molecule has 0 radical (unpaired) electrons. The Morgan fingerprint density at radius 1 is 1.14 bits per heavy atom. The Morgan fingerprint density at radius 2 is 1.89 bits per heavy atom. The fourth-order valence-corrected chi connectivity index (χ4v) is 3.87. The summed E-state index contributed by atoms with van der Waals surface area (Å²) in [6.07, 6.45) is 4.42. The number of amides is 1. The van der Waals surface area contributed by atoms with E-state index in [1.54, 1.807) is 13.3 Å². The number of carbonyl (C=O) groups is 1. The number of rotatable bonds is 4. The summed E-state index contributed by atoms with van der Waals surface area (Å²) in [7, 11) is 0. The van der Waals surface area contributed by atoms with Gasteiger partial charge in [-0.2, -0.15) is 0 Å². The van der Waals surface area contributed by atoms with Crippen LogP contribution in [0.3, 0.4) is 0 Å². The van der Waals surface area contributed by atoms with Crippen LogP contribution in [0.25, 0.3) is 0 Å². The van der Waals surface area contributed by atoms with E-state index in [4.69, 9.17) is 0 Å². The predicted molar refractivity (Wildman–Crippen MR) is 113 cm³/mol. The van der Waals surface area contributed by atoms with Gasteiger partial charge in [-0.1, -0.05) is 48.5 Å². The SMILES string of the molecule is CC(=O)N1Cc2ccccc2N(Cc2cnc[nH]2)CC1Cc1ccccc1.Cl. The molecule has 2 aromatic carbocycles. The van der Waals surface area contributed by atoms with Crippen LogP contribution in [0, 0.1) is 0 Å². The summed E-state index contributed by atoms with van der Waals surface area (Å²) in [5.41, 5.74) is 4.69. The second kappa shape index (κ2) is 8.93. The lowest BCUT2D eigenvalue weighted by molar-refractivity contribution is -0.131. The average molecular weight is 397 g/mol. The number of anilines is 1. The van der Waals surface area contributed by atoms with E-state index in [0.717, 1.165) is 25.2 Å². The number of H-pyrrole nitrogens is 1. The molecule has 4 rings (SSSR count). The number of para-hydroxylation sites is 1. The number of carbonyl (C=O) groups excluding carboxylic acids is 1. The molecule has 1 N–H and O–H groups in total. The van der Waals surface area contributed by atoms with E-state index < -0.39 is 0 Å². The van der Waals surface area contributed by atoms with E-state index in [2.05, 4.69) is 57.3 Å². The Morgan fingerprint density at radius 3 is 2.61 bits per heavy atom. The van der Waals surface area contributed by atoms with Gasteiger partial charge in [0.15, 0.2) is 0 Å². The molecule has 6 heteroatoms. The third-order valence-corrected chi connectivity index (χ3v) is 5.18. The van der Waals surface area contributed by atoms with Crippen LogP contribution in [0.4, 0.5) is 5.69 Å². The molecule has 1 aliphatic heterocycles. The maximum atomic E-state index is 12.5. The van der Waals surface area contributed by atoms with Crippen LogP contribution in [0.1, 0.15) is 23.7 Å². The number of aromatic amines is 1. The van der Waals surface area contributed by atoms with Gasteiger partial charge in [-0.25, -0.2) is 4.98 Å². The van der Waals surface area contributed by atoms with Crippen molar-refractivity contribution in [2.24, 2.45) is 0 Å². The molecule has 0 spiro atoms. The monoisotopic (exact) mass is 396 g/mol. The van der Waals surface area contributed by atoms with E-state index in [1.807, 2.05) is 23.2 Å². The Bertz CT molecular complexity index is 898. The van der Waals surface area contributed by atoms with Crippen LogP contribution in [-0.4, -0.2) is 33.4 Å². The van der Waals surface area contributed by atoms with Gasteiger partial charge in [0.1, 0.15) is 0 Å². The minimum absolute atomic E-state index is 0. The number of halogens is 1. The summed E-state index contributed by atoms with van der Waals surface area (Å²) in [5.74, 6) is 0.120. The number of nitrogens with one attached hydrogen (secondary N) is 1. The molecule has 0 bridgehead atoms. The van der Waals surface area contributed by atoms with Crippen LogP contribution in [-0.2, 0) is 24.3 Å². The molecule has 5 nitrogen and oxygen atoms in total. The first kappa shape index (κ1) is 20.0. The zero-order chi connectivity index (χ0) is 18.6. The van der Waals surface area contributed by atoms with E-state index >= 15 is 0 Å². The smallest absolute Gasteiger partial charge is 0.220 e. The fourth-order valence-electron chi connectivity index (χ4n) is 3.87. The number of aromatic nitrogens is 2. The number of imidazole rings is 1. The molecule has 0 fully saturated rings. The lowest BCUT2D eigenvalue weighted by Gasteiger charge is -2.32. The minimum atomic E-state index is 0. The molecule has 0 saturated carbocycles. The molecule has 146 valence electrons. The molecular formula is C22H25ClN4O. The van der Waals surface area contributed by atoms with Crippen molar-refractivity contribution in [1.29, 1.82) is 0 Å². The Labute approximate surface area is 171 Å². The fraction of sp³-hybridized carbons (Fsp3) is 0.273. The molecule has 1 aromatic heterocycles. The number of nitrogens with zero attached hydrogens (tertiary/aromatic N) is 3. The van der Waals surface area contributed by atoms with Crippen molar-refractivity contribution < 1.29 is 4.79 Å². The predicted octanol–water partition coefficient (Wildman–Crippen LogP) is 3.81. The van der Waals surface area contributed by atoms with Gasteiger partial charge in [0, 0.05) is 31.9 Å². The maximum absolute atomic E-state index is 12.5. The Balaban J connectivity index is 0.00000225. The van der Waals surface area contributed by atoms with Gasteiger partial charge < -0.3 is 14.8 Å². The highest BCUT2D eigenvalue weighted by molar-refractivity contribution is 5.85. The van der Waals surface area contributed by atoms with E-state index in [-0.39, 0.29) is 24.4 Å². The highest BCUT2D eigenvalue weighted by Gasteiger charge is 2.29. The third-order valence-electron chi connectivity index (χ3n) is 5.18. The molecule has 1 unspecified atom stereocenters. The summed E-state index contributed by atoms with van der Waals surface area (Å²) < 4.78 is 0. The zero-order valence-electron chi connectivity index (χ0n) is 15.9. The van der Waals surface area contributed by atoms with Gasteiger partial charge >= 0.3 is 0 Å². The first-order valence-corrected chi connectivity index (χ1v) is 9.32. The molecule has 1 atom stereocenters. The summed E-state index contributed by atoms with van der Waals surface area (Å²) in [6, 6.07) is 18.9. The Hall–Kier alpha value is -2.79. The topological polar surface area (TPSA) is 52.2 Å². The zero-order valence-corrected chi connectivity index (χ0v) is 16.7. The molecule has 0 aliphatic carbocycles. The third kappa shape index (κ3) is 4.37. The highest BCUT2D eigenvalue weighted by Crippen LogP contribution is 2.29. The normalized spacial score (nSPS) is 16.1. The van der Waals surface area contributed by atoms with Crippen LogP contribution in [0.5, 0.6) is 0 Å². The quantitative estimate of drug-likeness (QED) is 0.729. The second-order valence-electron chi connectivity index (χ2n) is 7.08. The lowest BCUT2D eigenvalue weighted by atomic mass is 10.0. The molecule has 2 heterocycles. The first-order chi connectivity index (χ1) is 13.2. The molecule has 3 aromatic rings. The van der Waals surface area contributed by atoms with E-state index in [1.165, 1.54) is 16.8 Å². The molecule has 1 amide bonds. The standard InChI is InChI=1S/C22H24N4O.ClH/c1-17(27)26-13-19-9-5-6-10-22(19)25(14-20-12-23-16-24-20)15-21(26)11-18-7-3-2-4-8-18;/h2-10,12,16,21H,11,13-15H2,1H3,(H,23,24);1H. The molecule has 0 saturated heterocycles. The van der Waals surface area contributed by atoms with Crippen molar-refractivity contribution in [3.8, 4) is 0 Å². The van der Waals surface area contributed by atoms with Crippen molar-refractivity contribution in [2.75, 3.05) is 11.4 Å². The van der Waals surface area contributed by atoms with Crippen molar-refractivity contribution >= 4 is 24.0 Å². The molecule has 1 aliphatic rings. The second-order valence-corrected chi connectivity index (χ2v) is 7.08. The van der Waals surface area contributed by atoms with Gasteiger partial charge in [-0.15, -0.1) is 12.4 Å². The summed E-state index contributed by atoms with van der Waals surface area (Å²) >= 11 is 0. The van der Waals surface area contributed by atoms with Crippen LogP contribution in [0.2, 0.25) is 0 Å². The molecule has 28 heavy (non-hydrogen) atoms. The van der Waals surface area contributed by atoms with Crippen LogP contribution >= 0.6 is 12.4 Å². The first-order valence-electron chi connectivity index (χ1n) is 9.32. The highest BCUT2D eigenvalue weighted by atomic mass is 35.5. The van der Waals surface area contributed by atoms with Gasteiger partial charge in [-0.3, -0.25) is 4.79 Å². The van der Waals surface area contributed by atoms with Crippen molar-refractivity contribution in [3.63, 3.8) is 0 Å². The summed E-state index contributed by atoms with van der Waals surface area (Å²) in [6.45, 7) is 3.84. The Kier molecular flexibility index (Phi) is 6.37. The number of hydrogen-bond donors (Lipinski definition) is 1. The molecular weight excluding hydrogens is 372 g/mol. The van der Waals surface area contributed by atoms with E-state index in [0.29, 0.717) is 6.54 Å². The van der Waals surface area contributed by atoms with Crippen molar-refractivity contribution in [2.45, 2.75) is 32.5 Å². The lowest BCUT2D eigenvalue weighted by Crippen LogP contribution is -2.44. The average Bonchev–Trinajstić information content (AvgIpc) is 3.13. The van der Waals surface area contributed by atoms with E-state index in [9.17, 15) is 4.79 Å². The van der Waals surface area contributed by atoms with Gasteiger partial charge in [0.25, 0.3) is 0 Å². The van der Waals surface area contributed by atoms with Crippen molar-refractivity contribution in [1.82, 2.24) is 14.9 Å². The van der Waals surface area contributed by atoms with Gasteiger partial charge in [-0.05, 0) is 23.6 Å². The van der Waals surface area contributed by atoms with Gasteiger partial charge in [0.2, 0.25) is 5.91 Å². The minimum Gasteiger partial charge on any atom is -0.363 e. The summed E-state index contributed by atoms with van der Waals surface area (Å²) in [4.78, 5) is 24.2. The number of fused-ring (bicyclic) bond motifs is 1. The number of benzene rings is 2. The van der Waals surface area contributed by atoms with Gasteiger partial charge in [0.05, 0.1) is 24.6 Å². The van der Waals surface area contributed by atoms with Crippen LogP contribution < -0.4 is 4.90 Å². The maximum Gasteiger partial charge on any atom is 0.220 e. The van der Waals surface area contributed by atoms with Crippen LogP contribution in [0.15, 0.2) is 67.1 Å². The number of hydrogen-bond acceptors (Lipinski definition) is 3. The summed E-state index contributed by atoms with van der Waals surface area (Å²) in [5, 5.41) is 0. The largest absolute Gasteiger partial charge is 0.363 e.